The van der Waals surface area contributed by atoms with Gasteiger partial charge in [0.15, 0.2) is 5.75 Å². The van der Waals surface area contributed by atoms with Crippen molar-refractivity contribution in [2.75, 3.05) is 19.7 Å². The largest absolute Gasteiger partial charge is 0.481 e. The molecule has 0 radical (unpaired) electrons. The lowest BCUT2D eigenvalue weighted by Crippen LogP contribution is -2.41. The van der Waals surface area contributed by atoms with Gasteiger partial charge in [-0.25, -0.2) is 0 Å². The topological polar surface area (TPSA) is 76.1 Å². The molecule has 31 heavy (non-hydrogen) atoms. The van der Waals surface area contributed by atoms with E-state index in [0.717, 1.165) is 33.1 Å². The fourth-order valence-corrected chi connectivity index (χ4v) is 4.82. The molecule has 1 amide bonds. The number of nitrogens with zero attached hydrogens (tertiary/aromatic N) is 1. The molecule has 0 spiro atoms. The van der Waals surface area contributed by atoms with Gasteiger partial charge >= 0.3 is 5.97 Å². The van der Waals surface area contributed by atoms with Crippen LogP contribution in [0.5, 0.6) is 5.75 Å². The number of likely N-dealkylation sites (tertiary alicyclic amines) is 1. The van der Waals surface area contributed by atoms with E-state index in [9.17, 15) is 14.7 Å². The molecule has 1 atom stereocenters. The molecule has 2 heterocycles. The summed E-state index contributed by atoms with van der Waals surface area (Å²) in [6.45, 7) is 1.38. The molecule has 2 aliphatic rings. The highest BCUT2D eigenvalue weighted by atomic mass is 35.5. The minimum Gasteiger partial charge on any atom is -0.481 e. The summed E-state index contributed by atoms with van der Waals surface area (Å²) in [4.78, 5) is 37.4. The quantitative estimate of drug-likeness (QED) is 0.516. The molecule has 1 unspecified atom stereocenters. The van der Waals surface area contributed by atoms with E-state index in [2.05, 4.69) is 6.07 Å². The molecular weight excluding hydrogens is 438 g/mol. The maximum Gasteiger partial charge on any atom is 0.308 e. The van der Waals surface area contributed by atoms with Crippen LogP contribution >= 0.6 is 23.4 Å². The maximum atomic E-state index is 12.4. The summed E-state index contributed by atoms with van der Waals surface area (Å²) in [5.41, 5.74) is 1.92. The summed E-state index contributed by atoms with van der Waals surface area (Å²) in [6, 6.07) is 11.6. The van der Waals surface area contributed by atoms with Crippen molar-refractivity contribution >= 4 is 41.3 Å². The number of fused-ring (bicyclic) bond motifs is 1. The molecule has 0 aliphatic carbocycles. The van der Waals surface area contributed by atoms with Gasteiger partial charge in [-0.15, -0.1) is 0 Å². The second-order valence-electron chi connectivity index (χ2n) is 7.51. The molecule has 8 heteroatoms. The van der Waals surface area contributed by atoms with Gasteiger partial charge in [0.05, 0.1) is 17.5 Å². The van der Waals surface area contributed by atoms with E-state index in [1.807, 2.05) is 30.3 Å². The van der Waals surface area contributed by atoms with E-state index in [1.54, 1.807) is 22.7 Å². The second-order valence-corrected chi connectivity index (χ2v) is 9.03. The number of amides is 1. The van der Waals surface area contributed by atoms with Gasteiger partial charge in [-0.05, 0) is 54.8 Å². The Morgan fingerprint density at radius 2 is 2.10 bits per heavy atom. The third-order valence-electron chi connectivity index (χ3n) is 5.32. The molecule has 1 fully saturated rings. The first-order valence-electron chi connectivity index (χ1n) is 10.1. The zero-order valence-corrected chi connectivity index (χ0v) is 18.3. The van der Waals surface area contributed by atoms with Crippen molar-refractivity contribution in [3.05, 3.63) is 58.6 Å². The summed E-state index contributed by atoms with van der Waals surface area (Å²) in [5.74, 6) is -0.767. The Hall–Kier alpha value is -2.48. The minimum atomic E-state index is -0.846. The van der Waals surface area contributed by atoms with Gasteiger partial charge in [0.25, 0.3) is 0 Å². The van der Waals surface area contributed by atoms with E-state index < -0.39 is 11.9 Å². The Morgan fingerprint density at radius 1 is 1.23 bits per heavy atom. The number of hydrogen-bond acceptors (Lipinski definition) is 5. The fourth-order valence-electron chi connectivity index (χ4n) is 3.64. The molecule has 6 nitrogen and oxygen atoms in total. The highest BCUT2D eigenvalue weighted by Gasteiger charge is 2.27. The van der Waals surface area contributed by atoms with Gasteiger partial charge in [0, 0.05) is 40.9 Å². The third-order valence-corrected chi connectivity index (χ3v) is 6.81. The van der Waals surface area contributed by atoms with Gasteiger partial charge in [-0.1, -0.05) is 29.4 Å². The zero-order valence-electron chi connectivity index (χ0n) is 16.8. The van der Waals surface area contributed by atoms with Gasteiger partial charge in [-0.2, -0.15) is 4.89 Å². The molecule has 4 rings (SSSR count). The molecular formula is C23H22ClNO5S. The maximum absolute atomic E-state index is 12.4. The van der Waals surface area contributed by atoms with Crippen LogP contribution in [0.1, 0.15) is 24.0 Å². The monoisotopic (exact) mass is 459 g/mol. The van der Waals surface area contributed by atoms with Crippen LogP contribution in [-0.4, -0.2) is 41.6 Å². The molecule has 2 aliphatic heterocycles. The third kappa shape index (κ3) is 5.42. The highest BCUT2D eigenvalue weighted by molar-refractivity contribution is 7.99. The molecule has 0 aromatic heterocycles. The smallest absolute Gasteiger partial charge is 0.308 e. The molecule has 2 aromatic carbocycles. The van der Waals surface area contributed by atoms with E-state index in [4.69, 9.17) is 21.4 Å². The number of rotatable bonds is 5. The van der Waals surface area contributed by atoms with Crippen LogP contribution < -0.4 is 4.89 Å². The standard InChI is InChI=1S/C23H22ClNO5S/c24-19-12-15(4-8-22(26)25-10-1-2-17(14-25)23(27)28)3-7-21(19)31-18-5-6-20-16(13-18)9-11-29-30-20/h3-8,12-13,17H,1-2,9-11,14H2,(H,27,28). The normalized spacial score (nSPS) is 18.5. The van der Waals surface area contributed by atoms with Crippen molar-refractivity contribution < 1.29 is 24.5 Å². The Bertz CT molecular complexity index is 1030. The number of carbonyl (C=O) groups is 2. The summed E-state index contributed by atoms with van der Waals surface area (Å²) >= 11 is 8.04. The van der Waals surface area contributed by atoms with E-state index in [0.29, 0.717) is 31.0 Å². The summed E-state index contributed by atoms with van der Waals surface area (Å²) < 4.78 is 0. The summed E-state index contributed by atoms with van der Waals surface area (Å²) in [6.07, 6.45) is 5.32. The van der Waals surface area contributed by atoms with Crippen LogP contribution in [0, 0.1) is 5.92 Å². The SMILES string of the molecule is O=C(O)C1CCCN(C(=O)C=Cc2ccc(Sc3ccc4c(c3)CCOO4)c(Cl)c2)C1. The molecule has 0 saturated carbocycles. The predicted molar refractivity (Wildman–Crippen MR) is 118 cm³/mol. The molecule has 1 saturated heterocycles. The van der Waals surface area contributed by atoms with Gasteiger partial charge in [-0.3, -0.25) is 9.59 Å². The van der Waals surface area contributed by atoms with Crippen LogP contribution in [-0.2, 0) is 20.9 Å². The first-order valence-corrected chi connectivity index (χ1v) is 11.3. The molecule has 162 valence electrons. The average Bonchev–Trinajstić information content (AvgIpc) is 2.79. The first kappa shape index (κ1) is 21.7. The van der Waals surface area contributed by atoms with Gasteiger partial charge < -0.3 is 14.9 Å². The Kier molecular flexibility index (Phi) is 6.85. The number of carbonyl (C=O) groups excluding carboxylic acids is 1. The predicted octanol–water partition coefficient (Wildman–Crippen LogP) is 4.69. The zero-order chi connectivity index (χ0) is 21.8. The average molecular weight is 460 g/mol. The number of halogens is 1. The summed E-state index contributed by atoms with van der Waals surface area (Å²) in [7, 11) is 0. The number of piperidine rings is 1. The Labute approximate surface area is 189 Å². The van der Waals surface area contributed by atoms with E-state index in [-0.39, 0.29) is 12.5 Å². The van der Waals surface area contributed by atoms with Crippen molar-refractivity contribution in [3.63, 3.8) is 0 Å². The van der Waals surface area contributed by atoms with Crippen molar-refractivity contribution in [3.8, 4) is 5.75 Å². The first-order chi connectivity index (χ1) is 15.0. The lowest BCUT2D eigenvalue weighted by molar-refractivity contribution is -0.215. The van der Waals surface area contributed by atoms with Crippen LogP contribution in [0.25, 0.3) is 6.08 Å². The second kappa shape index (κ2) is 9.77. The van der Waals surface area contributed by atoms with Crippen LogP contribution in [0.15, 0.2) is 52.3 Å². The lowest BCUT2D eigenvalue weighted by Gasteiger charge is -2.29. The van der Waals surface area contributed by atoms with Gasteiger partial charge in [0.1, 0.15) is 0 Å². The van der Waals surface area contributed by atoms with Crippen LogP contribution in [0.2, 0.25) is 5.02 Å². The number of benzene rings is 2. The van der Waals surface area contributed by atoms with Crippen molar-refractivity contribution in [1.82, 2.24) is 4.90 Å². The van der Waals surface area contributed by atoms with Crippen LogP contribution in [0.3, 0.4) is 0 Å². The summed E-state index contributed by atoms with van der Waals surface area (Å²) in [5, 5.41) is 9.78. The number of aliphatic carboxylic acids is 1. The Morgan fingerprint density at radius 3 is 2.90 bits per heavy atom. The molecule has 0 bridgehead atoms. The lowest BCUT2D eigenvalue weighted by atomic mass is 9.98. The minimum absolute atomic E-state index is 0.180. The number of carboxylic acids is 1. The fraction of sp³-hybridized carbons (Fsp3) is 0.304. The van der Waals surface area contributed by atoms with Crippen molar-refractivity contribution in [1.29, 1.82) is 0 Å². The van der Waals surface area contributed by atoms with E-state index in [1.165, 1.54) is 6.08 Å². The van der Waals surface area contributed by atoms with Gasteiger partial charge in [0.2, 0.25) is 5.91 Å². The number of carboxylic acid groups (broad SMARTS) is 1. The number of hydrogen-bond donors (Lipinski definition) is 1. The van der Waals surface area contributed by atoms with E-state index >= 15 is 0 Å². The van der Waals surface area contributed by atoms with Crippen LogP contribution in [0.4, 0.5) is 0 Å². The Balaban J connectivity index is 1.40. The molecule has 1 N–H and O–H groups in total. The highest BCUT2D eigenvalue weighted by Crippen LogP contribution is 2.36. The molecule has 2 aromatic rings. The van der Waals surface area contributed by atoms with Crippen molar-refractivity contribution in [2.45, 2.75) is 29.1 Å². The van der Waals surface area contributed by atoms with Crippen molar-refractivity contribution in [2.24, 2.45) is 5.92 Å².